The number of anilines is 1. The van der Waals surface area contributed by atoms with E-state index in [0.717, 1.165) is 22.1 Å². The van der Waals surface area contributed by atoms with E-state index >= 15 is 0 Å². The molecular weight excluding hydrogens is 507 g/mol. The predicted molar refractivity (Wildman–Crippen MR) is 139 cm³/mol. The molecule has 1 aromatic carbocycles. The number of benzene rings is 1. The quantitative estimate of drug-likeness (QED) is 0.317. The molecule has 8 nitrogen and oxygen atoms in total. The Bertz CT molecular complexity index is 1710. The van der Waals surface area contributed by atoms with Gasteiger partial charge in [0, 0.05) is 61.4 Å². The lowest BCUT2D eigenvalue weighted by Gasteiger charge is -2.31. The number of amides is 1. The summed E-state index contributed by atoms with van der Waals surface area (Å²) in [6.45, 7) is 2.66. The van der Waals surface area contributed by atoms with Crippen LogP contribution in [-0.4, -0.2) is 41.8 Å². The van der Waals surface area contributed by atoms with E-state index in [0.29, 0.717) is 53.0 Å². The highest BCUT2D eigenvalue weighted by atomic mass is 19.4. The van der Waals surface area contributed by atoms with Crippen LogP contribution in [0.1, 0.15) is 39.7 Å². The molecular formula is C28H24F3N7O. The summed E-state index contributed by atoms with van der Waals surface area (Å²) < 4.78 is 44.9. The van der Waals surface area contributed by atoms with Crippen LogP contribution in [0.3, 0.4) is 0 Å². The maximum absolute atomic E-state index is 14.1. The molecule has 1 aliphatic heterocycles. The lowest BCUT2D eigenvalue weighted by Crippen LogP contribution is -2.38. The van der Waals surface area contributed by atoms with E-state index in [1.54, 1.807) is 58.9 Å². The fourth-order valence-electron chi connectivity index (χ4n) is 5.19. The average molecular weight is 532 g/mol. The number of aromatic nitrogens is 6. The van der Waals surface area contributed by atoms with Crippen LogP contribution in [0.25, 0.3) is 22.0 Å². The lowest BCUT2D eigenvalue weighted by atomic mass is 9.88. The van der Waals surface area contributed by atoms with Gasteiger partial charge in [0.15, 0.2) is 5.69 Å². The molecule has 0 unspecified atom stereocenters. The van der Waals surface area contributed by atoms with Gasteiger partial charge in [-0.1, -0.05) is 6.92 Å². The summed E-state index contributed by atoms with van der Waals surface area (Å²) in [6.07, 6.45) is 7.98. The van der Waals surface area contributed by atoms with Crippen LogP contribution in [0.4, 0.5) is 18.9 Å². The lowest BCUT2D eigenvalue weighted by molar-refractivity contribution is -0.140. The van der Waals surface area contributed by atoms with Gasteiger partial charge in [-0.25, -0.2) is 4.98 Å². The highest BCUT2D eigenvalue weighted by Crippen LogP contribution is 2.40. The molecule has 0 N–H and O–H groups in total. The van der Waals surface area contributed by atoms with Crippen molar-refractivity contribution >= 4 is 22.5 Å². The topological polar surface area (TPSA) is 81.7 Å². The molecule has 0 saturated heterocycles. The van der Waals surface area contributed by atoms with E-state index in [1.165, 1.54) is 13.2 Å². The fraction of sp³-hybridized carbons (Fsp3) is 0.250. The molecule has 0 spiro atoms. The number of imidazole rings is 1. The molecule has 1 aliphatic rings. The third-order valence-electron chi connectivity index (χ3n) is 7.03. The number of nitrogens with zero attached hydrogens (tertiary/aromatic N) is 7. The number of carbonyl (C=O) groups excluding carboxylic acids is 1. The summed E-state index contributed by atoms with van der Waals surface area (Å²) in [5.74, 6) is -0.293. The summed E-state index contributed by atoms with van der Waals surface area (Å²) in [5, 5.41) is 4.52. The van der Waals surface area contributed by atoms with Gasteiger partial charge in [-0.2, -0.15) is 18.3 Å². The van der Waals surface area contributed by atoms with Crippen LogP contribution in [0.15, 0.2) is 61.7 Å². The van der Waals surface area contributed by atoms with Crippen molar-refractivity contribution in [2.45, 2.75) is 32.5 Å². The zero-order valence-electron chi connectivity index (χ0n) is 21.3. The van der Waals surface area contributed by atoms with Crippen molar-refractivity contribution < 1.29 is 18.0 Å². The molecule has 39 heavy (non-hydrogen) atoms. The van der Waals surface area contributed by atoms with Crippen LogP contribution in [0.5, 0.6) is 0 Å². The summed E-state index contributed by atoms with van der Waals surface area (Å²) in [5.41, 5.74) is 3.29. The number of alkyl halides is 3. The first-order valence-corrected chi connectivity index (χ1v) is 12.5. The Labute approximate surface area is 221 Å². The van der Waals surface area contributed by atoms with Crippen LogP contribution < -0.4 is 4.90 Å². The average Bonchev–Trinajstić information content (AvgIpc) is 3.58. The van der Waals surface area contributed by atoms with Crippen molar-refractivity contribution in [1.82, 2.24) is 29.3 Å². The van der Waals surface area contributed by atoms with Gasteiger partial charge in [-0.05, 0) is 53.3 Å². The molecule has 0 fully saturated rings. The van der Waals surface area contributed by atoms with Crippen LogP contribution in [0.2, 0.25) is 0 Å². The number of aryl methyl sites for hydroxylation is 2. The zero-order valence-corrected chi connectivity index (χ0v) is 21.3. The smallest absolute Gasteiger partial charge is 0.333 e. The third-order valence-corrected chi connectivity index (χ3v) is 7.03. The highest BCUT2D eigenvalue weighted by molar-refractivity contribution is 6.12. The maximum atomic E-state index is 14.1. The van der Waals surface area contributed by atoms with Gasteiger partial charge in [-0.3, -0.25) is 19.4 Å². The van der Waals surface area contributed by atoms with Gasteiger partial charge in [0.05, 0.1) is 29.9 Å². The molecule has 6 rings (SSSR count). The second-order valence-electron chi connectivity index (χ2n) is 9.60. The first-order valence-electron chi connectivity index (χ1n) is 12.5. The van der Waals surface area contributed by atoms with E-state index in [1.807, 2.05) is 13.0 Å². The Balaban J connectivity index is 1.52. The SMILES string of the molecule is CCc1cnc2cncc(N3CCc4c(cc(Cn5ccnc5)cc4-c4cn(C)nc4C(F)(F)F)C3=O)c2c1. The normalized spacial score (nSPS) is 13.8. The number of hydrogen-bond acceptors (Lipinski definition) is 5. The van der Waals surface area contributed by atoms with Crippen LogP contribution in [-0.2, 0) is 32.6 Å². The van der Waals surface area contributed by atoms with Gasteiger partial charge in [0.25, 0.3) is 5.91 Å². The summed E-state index contributed by atoms with van der Waals surface area (Å²) >= 11 is 0. The van der Waals surface area contributed by atoms with E-state index in [2.05, 4.69) is 20.1 Å². The number of fused-ring (bicyclic) bond motifs is 2. The number of pyridine rings is 2. The van der Waals surface area contributed by atoms with E-state index in [-0.39, 0.29) is 11.5 Å². The first-order chi connectivity index (χ1) is 18.7. The van der Waals surface area contributed by atoms with Crippen molar-refractivity contribution in [3.8, 4) is 11.1 Å². The number of halogens is 3. The van der Waals surface area contributed by atoms with Gasteiger partial charge in [-0.15, -0.1) is 0 Å². The second kappa shape index (κ2) is 9.33. The van der Waals surface area contributed by atoms with E-state index < -0.39 is 11.9 Å². The standard InChI is InChI=1S/C28H24F3N7O/c1-3-17-8-22-24(34-11-17)12-33-13-25(22)38-6-4-19-20(23-15-36(2)35-26(23)28(29,30)31)9-18(10-21(19)27(38)39)14-37-7-5-32-16-37/h5,7-13,15-16H,3-4,6,14H2,1-2H3. The molecule has 5 heterocycles. The molecule has 1 amide bonds. The summed E-state index contributed by atoms with van der Waals surface area (Å²) in [4.78, 5) is 28.6. The molecule has 11 heteroatoms. The monoisotopic (exact) mass is 531 g/mol. The Kier molecular flexibility index (Phi) is 5.93. The van der Waals surface area contributed by atoms with E-state index in [9.17, 15) is 18.0 Å². The predicted octanol–water partition coefficient (Wildman–Crippen LogP) is 5.06. The molecule has 4 aromatic heterocycles. The van der Waals surface area contributed by atoms with Crippen molar-refractivity contribution in [1.29, 1.82) is 0 Å². The zero-order chi connectivity index (χ0) is 27.3. The molecule has 198 valence electrons. The fourth-order valence-corrected chi connectivity index (χ4v) is 5.19. The minimum Gasteiger partial charge on any atom is -0.333 e. The Morgan fingerprint density at radius 3 is 2.56 bits per heavy atom. The summed E-state index contributed by atoms with van der Waals surface area (Å²) in [7, 11) is 1.46. The van der Waals surface area contributed by atoms with Crippen LogP contribution in [0, 0.1) is 0 Å². The molecule has 0 bridgehead atoms. The van der Waals surface area contributed by atoms with Gasteiger partial charge < -0.3 is 9.47 Å². The van der Waals surface area contributed by atoms with Crippen molar-refractivity contribution in [3.05, 3.63) is 89.7 Å². The number of carbonyl (C=O) groups is 1. The summed E-state index contributed by atoms with van der Waals surface area (Å²) in [6, 6.07) is 5.50. The third kappa shape index (κ3) is 4.43. The number of rotatable bonds is 5. The molecule has 0 radical (unpaired) electrons. The maximum Gasteiger partial charge on any atom is 0.435 e. The van der Waals surface area contributed by atoms with Gasteiger partial charge >= 0.3 is 6.18 Å². The van der Waals surface area contributed by atoms with Crippen LogP contribution >= 0.6 is 0 Å². The molecule has 0 aliphatic carbocycles. The van der Waals surface area contributed by atoms with Gasteiger partial charge in [0.1, 0.15) is 0 Å². The highest BCUT2D eigenvalue weighted by Gasteiger charge is 2.39. The van der Waals surface area contributed by atoms with Crippen molar-refractivity contribution in [3.63, 3.8) is 0 Å². The van der Waals surface area contributed by atoms with Gasteiger partial charge in [0.2, 0.25) is 0 Å². The van der Waals surface area contributed by atoms with Crippen molar-refractivity contribution in [2.75, 3.05) is 11.4 Å². The number of hydrogen-bond donors (Lipinski definition) is 0. The first kappa shape index (κ1) is 24.8. The molecule has 0 saturated carbocycles. The largest absolute Gasteiger partial charge is 0.435 e. The Morgan fingerprint density at radius 1 is 1.00 bits per heavy atom. The van der Waals surface area contributed by atoms with E-state index in [4.69, 9.17) is 0 Å². The Hall–Kier alpha value is -4.54. The minimum absolute atomic E-state index is 0.0430. The van der Waals surface area contributed by atoms with Crippen molar-refractivity contribution in [2.24, 2.45) is 7.05 Å². The Morgan fingerprint density at radius 2 is 1.82 bits per heavy atom. The molecule has 5 aromatic rings. The second-order valence-corrected chi connectivity index (χ2v) is 9.60. The minimum atomic E-state index is -4.65. The molecule has 0 atom stereocenters.